The monoisotopic (exact) mass is 482 g/mol. The van der Waals surface area contributed by atoms with Crippen LogP contribution < -0.4 is 5.32 Å². The Morgan fingerprint density at radius 3 is 2.39 bits per heavy atom. The van der Waals surface area contributed by atoms with E-state index in [1.165, 1.54) is 37.3 Å². The average Bonchev–Trinajstić information content (AvgIpc) is 3.20. The molecule has 0 atom stereocenters. The summed E-state index contributed by atoms with van der Waals surface area (Å²) in [6.07, 6.45) is -4.12. The summed E-state index contributed by atoms with van der Waals surface area (Å²) in [6, 6.07) is 8.46. The van der Waals surface area contributed by atoms with E-state index in [0.717, 1.165) is 18.3 Å². The summed E-state index contributed by atoms with van der Waals surface area (Å²) in [7, 11) is 0. The number of carbonyl (C=O) groups excluding carboxylic acids is 2. The largest absolute Gasteiger partial charge is 0.462 e. The predicted octanol–water partition coefficient (Wildman–Crippen LogP) is 4.88. The van der Waals surface area contributed by atoms with Crippen molar-refractivity contribution in [2.45, 2.75) is 13.1 Å². The van der Waals surface area contributed by atoms with Gasteiger partial charge in [0, 0.05) is 17.8 Å². The van der Waals surface area contributed by atoms with Crippen LogP contribution in [-0.4, -0.2) is 33.2 Å². The fourth-order valence-electron chi connectivity index (χ4n) is 2.86. The van der Waals surface area contributed by atoms with Crippen LogP contribution in [0, 0.1) is 10.1 Å². The van der Waals surface area contributed by atoms with Crippen molar-refractivity contribution in [3.05, 3.63) is 80.6 Å². The van der Waals surface area contributed by atoms with Crippen molar-refractivity contribution in [2.75, 3.05) is 11.9 Å². The molecule has 3 rings (SSSR count). The summed E-state index contributed by atoms with van der Waals surface area (Å²) in [5.74, 6) is -1.83. The number of non-ortho nitro benzene ring substituents is 1. The molecule has 0 spiro atoms. The molecule has 9 nitrogen and oxygen atoms in total. The number of hydrogen-bond acceptors (Lipinski definition) is 6. The Morgan fingerprint density at radius 2 is 1.85 bits per heavy atom. The maximum Gasteiger partial charge on any atom is 0.434 e. The second-order valence-corrected chi connectivity index (χ2v) is 6.87. The minimum Gasteiger partial charge on any atom is -0.462 e. The molecule has 1 heterocycles. The van der Waals surface area contributed by atoms with Crippen molar-refractivity contribution in [2.24, 2.45) is 0 Å². The number of anilines is 1. The molecule has 0 aliphatic heterocycles. The van der Waals surface area contributed by atoms with E-state index in [1.807, 2.05) is 0 Å². The lowest BCUT2D eigenvalue weighted by molar-refractivity contribution is -0.384. The van der Waals surface area contributed by atoms with Crippen LogP contribution in [0.1, 0.15) is 33.3 Å². The summed E-state index contributed by atoms with van der Waals surface area (Å²) >= 11 is 5.93. The lowest BCUT2D eigenvalue weighted by Crippen LogP contribution is -2.18. The molecule has 0 fully saturated rings. The molecule has 2 aromatic carbocycles. The maximum absolute atomic E-state index is 13.6. The standard InChI is InChI=1S/C20H14ClF3N4O5/c1-2-33-19(30)15-10-25-27(17(15)20(22,23)24)12-5-3-11(4-6-12)26-18(29)14-8-7-13(28(31)32)9-16(14)21/h3-10H,2H2,1H3,(H,26,29). The zero-order valence-corrected chi connectivity index (χ0v) is 17.5. The van der Waals surface area contributed by atoms with Gasteiger partial charge in [-0.05, 0) is 37.3 Å². The van der Waals surface area contributed by atoms with E-state index in [-0.39, 0.29) is 34.3 Å². The van der Waals surface area contributed by atoms with Gasteiger partial charge in [-0.15, -0.1) is 0 Å². The molecular formula is C20H14ClF3N4O5. The molecule has 3 aromatic rings. The highest BCUT2D eigenvalue weighted by Crippen LogP contribution is 2.34. The van der Waals surface area contributed by atoms with E-state index in [4.69, 9.17) is 11.6 Å². The number of esters is 1. The SMILES string of the molecule is CCOC(=O)c1cnn(-c2ccc(NC(=O)c3ccc([N+](=O)[O-])cc3Cl)cc2)c1C(F)(F)F. The quantitative estimate of drug-likeness (QED) is 0.304. The van der Waals surface area contributed by atoms with E-state index >= 15 is 0 Å². The number of ether oxygens (including phenoxy) is 1. The minimum atomic E-state index is -4.89. The van der Waals surface area contributed by atoms with Crippen molar-refractivity contribution in [3.8, 4) is 5.69 Å². The van der Waals surface area contributed by atoms with Gasteiger partial charge in [-0.25, -0.2) is 9.48 Å². The van der Waals surface area contributed by atoms with Crippen LogP contribution >= 0.6 is 11.6 Å². The van der Waals surface area contributed by atoms with Gasteiger partial charge in [0.2, 0.25) is 0 Å². The molecule has 0 saturated heterocycles. The first kappa shape index (κ1) is 23.7. The van der Waals surface area contributed by atoms with Crippen LogP contribution in [0.3, 0.4) is 0 Å². The van der Waals surface area contributed by atoms with E-state index < -0.39 is 34.2 Å². The van der Waals surface area contributed by atoms with Crippen LogP contribution in [0.2, 0.25) is 5.02 Å². The number of aromatic nitrogens is 2. The first-order valence-corrected chi connectivity index (χ1v) is 9.58. The van der Waals surface area contributed by atoms with Crippen molar-refractivity contribution >= 4 is 34.9 Å². The van der Waals surface area contributed by atoms with Gasteiger partial charge in [-0.2, -0.15) is 18.3 Å². The number of nitro groups is 1. The van der Waals surface area contributed by atoms with Gasteiger partial charge in [-0.1, -0.05) is 11.6 Å². The minimum absolute atomic E-state index is 0.0239. The highest BCUT2D eigenvalue weighted by Gasteiger charge is 2.41. The Bertz CT molecular complexity index is 1230. The molecule has 1 aromatic heterocycles. The zero-order valence-electron chi connectivity index (χ0n) is 16.7. The van der Waals surface area contributed by atoms with Gasteiger partial charge in [-0.3, -0.25) is 14.9 Å². The molecule has 0 bridgehead atoms. The fraction of sp³-hybridized carbons (Fsp3) is 0.150. The Hall–Kier alpha value is -3.93. The van der Waals surface area contributed by atoms with E-state index in [0.29, 0.717) is 4.68 Å². The molecule has 0 aliphatic rings. The second kappa shape index (κ2) is 9.28. The molecule has 33 heavy (non-hydrogen) atoms. The van der Waals surface area contributed by atoms with Gasteiger partial charge in [0.25, 0.3) is 11.6 Å². The topological polar surface area (TPSA) is 116 Å². The Labute approximate surface area is 188 Å². The number of nitro benzene ring substituents is 1. The van der Waals surface area contributed by atoms with Gasteiger partial charge >= 0.3 is 12.1 Å². The molecule has 13 heteroatoms. The molecule has 1 amide bonds. The number of halogens is 4. The lowest BCUT2D eigenvalue weighted by Gasteiger charge is -2.13. The van der Waals surface area contributed by atoms with E-state index in [9.17, 15) is 32.9 Å². The molecule has 0 saturated carbocycles. The maximum atomic E-state index is 13.6. The summed E-state index contributed by atoms with van der Waals surface area (Å²) in [6.45, 7) is 1.36. The number of carbonyl (C=O) groups is 2. The predicted molar refractivity (Wildman–Crippen MR) is 111 cm³/mol. The summed E-state index contributed by atoms with van der Waals surface area (Å²) in [5, 5.41) is 16.8. The van der Waals surface area contributed by atoms with E-state index in [2.05, 4.69) is 15.2 Å². The highest BCUT2D eigenvalue weighted by molar-refractivity contribution is 6.34. The van der Waals surface area contributed by atoms with Crippen LogP contribution in [0.15, 0.2) is 48.7 Å². The number of nitrogens with one attached hydrogen (secondary N) is 1. The van der Waals surface area contributed by atoms with Gasteiger partial charge in [0.05, 0.1) is 34.0 Å². The molecule has 0 unspecified atom stereocenters. The van der Waals surface area contributed by atoms with Gasteiger partial charge in [0.15, 0.2) is 5.69 Å². The van der Waals surface area contributed by atoms with Crippen LogP contribution in [0.5, 0.6) is 0 Å². The Balaban J connectivity index is 1.86. The molecular weight excluding hydrogens is 469 g/mol. The molecule has 1 N–H and O–H groups in total. The highest BCUT2D eigenvalue weighted by atomic mass is 35.5. The number of nitrogens with zero attached hydrogens (tertiary/aromatic N) is 3. The van der Waals surface area contributed by atoms with Gasteiger partial charge < -0.3 is 10.1 Å². The van der Waals surface area contributed by atoms with Crippen LogP contribution in [0.4, 0.5) is 24.5 Å². The molecule has 0 aliphatic carbocycles. The third kappa shape index (κ3) is 5.12. The average molecular weight is 483 g/mol. The third-order valence-corrected chi connectivity index (χ3v) is 4.62. The number of amides is 1. The fourth-order valence-corrected chi connectivity index (χ4v) is 3.12. The van der Waals surface area contributed by atoms with E-state index in [1.54, 1.807) is 0 Å². The summed E-state index contributed by atoms with van der Waals surface area (Å²) < 4.78 is 46.0. The number of hydrogen-bond donors (Lipinski definition) is 1. The number of rotatable bonds is 6. The van der Waals surface area contributed by atoms with Crippen molar-refractivity contribution in [1.82, 2.24) is 9.78 Å². The van der Waals surface area contributed by atoms with Crippen molar-refractivity contribution in [3.63, 3.8) is 0 Å². The number of alkyl halides is 3. The first-order valence-electron chi connectivity index (χ1n) is 9.21. The normalized spacial score (nSPS) is 11.2. The lowest BCUT2D eigenvalue weighted by atomic mass is 10.2. The smallest absolute Gasteiger partial charge is 0.434 e. The van der Waals surface area contributed by atoms with Gasteiger partial charge in [0.1, 0.15) is 5.56 Å². The van der Waals surface area contributed by atoms with Crippen molar-refractivity contribution in [1.29, 1.82) is 0 Å². The summed E-state index contributed by atoms with van der Waals surface area (Å²) in [5.41, 5.74) is -2.15. The summed E-state index contributed by atoms with van der Waals surface area (Å²) in [4.78, 5) is 34.4. The Morgan fingerprint density at radius 1 is 1.18 bits per heavy atom. The second-order valence-electron chi connectivity index (χ2n) is 6.46. The van der Waals surface area contributed by atoms with Crippen LogP contribution in [0.25, 0.3) is 5.69 Å². The number of benzene rings is 2. The zero-order chi connectivity index (χ0) is 24.3. The first-order chi connectivity index (χ1) is 15.5. The third-order valence-electron chi connectivity index (χ3n) is 4.31. The van der Waals surface area contributed by atoms with Crippen molar-refractivity contribution < 1.29 is 32.4 Å². The molecule has 172 valence electrons. The Kier molecular flexibility index (Phi) is 6.68. The molecule has 0 radical (unpaired) electrons. The van der Waals surface area contributed by atoms with Crippen LogP contribution in [-0.2, 0) is 10.9 Å².